The molecule has 7 heteroatoms. The predicted molar refractivity (Wildman–Crippen MR) is 134 cm³/mol. The van der Waals surface area contributed by atoms with Crippen molar-refractivity contribution in [3.05, 3.63) is 119 Å². The number of nitrogens with zero attached hydrogens (tertiary/aromatic N) is 2. The smallest absolute Gasteiger partial charge is 0.335 e. The largest absolute Gasteiger partial charge is 0.478 e. The van der Waals surface area contributed by atoms with Crippen LogP contribution in [0, 0.1) is 11.8 Å². The maximum absolute atomic E-state index is 13.6. The Bertz CT molecular complexity index is 1540. The topological polar surface area (TPSA) is 100 Å². The Hall–Kier alpha value is -4.78. The van der Waals surface area contributed by atoms with Gasteiger partial charge in [-0.1, -0.05) is 60.7 Å². The number of rotatable bonds is 4. The van der Waals surface area contributed by atoms with Crippen LogP contribution in [0.2, 0.25) is 0 Å². The number of carboxylic acid groups (broad SMARTS) is 1. The quantitative estimate of drug-likeness (QED) is 0.326. The molecule has 2 heterocycles. The molecule has 0 unspecified atom stereocenters. The Morgan fingerprint density at radius 3 is 1.89 bits per heavy atom. The number of benzene rings is 3. The number of imide groups is 1. The van der Waals surface area contributed by atoms with Crippen molar-refractivity contribution in [3.63, 3.8) is 0 Å². The lowest BCUT2D eigenvalue weighted by atomic mass is 9.55. The van der Waals surface area contributed by atoms with Crippen molar-refractivity contribution >= 4 is 24.0 Å². The molecule has 2 atom stereocenters. The molecule has 180 valence electrons. The number of hydrogen-bond acceptors (Lipinski definition) is 5. The van der Waals surface area contributed by atoms with Gasteiger partial charge < -0.3 is 9.52 Å². The first kappa shape index (κ1) is 21.5. The van der Waals surface area contributed by atoms with Crippen LogP contribution in [0.3, 0.4) is 0 Å². The second kappa shape index (κ2) is 7.86. The number of hydrazone groups is 1. The van der Waals surface area contributed by atoms with Gasteiger partial charge in [0.1, 0.15) is 11.5 Å². The van der Waals surface area contributed by atoms with Gasteiger partial charge in [0.05, 0.1) is 23.6 Å². The Morgan fingerprint density at radius 1 is 0.784 bits per heavy atom. The van der Waals surface area contributed by atoms with Crippen LogP contribution in [0.15, 0.2) is 94.4 Å². The van der Waals surface area contributed by atoms with Gasteiger partial charge in [0.15, 0.2) is 0 Å². The molecule has 4 aliphatic rings. The fraction of sp³-hybridized carbons (Fsp3) is 0.133. The van der Waals surface area contributed by atoms with E-state index < -0.39 is 17.8 Å². The second-order valence-electron chi connectivity index (χ2n) is 9.59. The van der Waals surface area contributed by atoms with E-state index in [0.29, 0.717) is 17.1 Å². The zero-order valence-electron chi connectivity index (χ0n) is 19.4. The molecule has 1 fully saturated rings. The number of carbonyl (C=O) groups is 3. The minimum atomic E-state index is -1.03. The highest BCUT2D eigenvalue weighted by molar-refractivity contribution is 6.08. The van der Waals surface area contributed by atoms with Gasteiger partial charge in [-0.15, -0.1) is 0 Å². The summed E-state index contributed by atoms with van der Waals surface area (Å²) in [5.41, 5.74) is 5.19. The average Bonchev–Trinajstić information content (AvgIpc) is 3.50. The van der Waals surface area contributed by atoms with Crippen molar-refractivity contribution in [3.8, 4) is 11.3 Å². The summed E-state index contributed by atoms with van der Waals surface area (Å²) in [5.74, 6) is -2.18. The SMILES string of the molecule is O=C(O)c1cccc(-c2ccc(/C=N\N3C(=O)[C@H]4C5c6ccccc6C(c6ccccc65)[C@@H]4C3=O)o2)c1. The van der Waals surface area contributed by atoms with Gasteiger partial charge in [0, 0.05) is 17.4 Å². The fourth-order valence-electron chi connectivity index (χ4n) is 6.27. The fourth-order valence-corrected chi connectivity index (χ4v) is 6.27. The first-order chi connectivity index (χ1) is 18.0. The third kappa shape index (κ3) is 3.07. The Morgan fingerprint density at radius 2 is 1.35 bits per heavy atom. The molecule has 3 aliphatic carbocycles. The van der Waals surface area contributed by atoms with E-state index in [2.05, 4.69) is 29.4 Å². The summed E-state index contributed by atoms with van der Waals surface area (Å²) >= 11 is 0. The molecular weight excluding hydrogens is 468 g/mol. The van der Waals surface area contributed by atoms with E-state index in [0.717, 1.165) is 27.3 Å². The van der Waals surface area contributed by atoms with E-state index in [1.807, 2.05) is 24.3 Å². The minimum absolute atomic E-state index is 0.150. The summed E-state index contributed by atoms with van der Waals surface area (Å²) in [7, 11) is 0. The van der Waals surface area contributed by atoms with E-state index >= 15 is 0 Å². The predicted octanol–water partition coefficient (Wildman–Crippen LogP) is 4.87. The standard InChI is InChI=1S/C30H20N2O5/c33-28-26-24-19-8-1-2-9-20(19)25(22-11-4-3-10-21(22)24)27(26)29(34)32(28)31-15-18-12-13-23(37-18)16-6-5-7-17(14-16)30(35)36/h1-15,24-27H,(H,35,36)/b31-15-/t24?,25?,26-,27-/m0/s1. The third-order valence-corrected chi connectivity index (χ3v) is 7.75. The number of furan rings is 1. The van der Waals surface area contributed by atoms with Crippen LogP contribution < -0.4 is 0 Å². The van der Waals surface area contributed by atoms with Crippen molar-refractivity contribution in [1.29, 1.82) is 0 Å². The zero-order chi connectivity index (χ0) is 25.3. The highest BCUT2D eigenvalue weighted by Gasteiger charge is 2.61. The Kier molecular flexibility index (Phi) is 4.57. The van der Waals surface area contributed by atoms with Crippen LogP contribution in [-0.4, -0.2) is 34.1 Å². The summed E-state index contributed by atoms with van der Waals surface area (Å²) in [5, 5.41) is 14.5. The van der Waals surface area contributed by atoms with Gasteiger partial charge >= 0.3 is 5.97 Å². The van der Waals surface area contributed by atoms with Gasteiger partial charge in [-0.05, 0) is 46.5 Å². The van der Waals surface area contributed by atoms with Crippen LogP contribution in [0.25, 0.3) is 11.3 Å². The summed E-state index contributed by atoms with van der Waals surface area (Å²) in [6.45, 7) is 0. The lowest BCUT2D eigenvalue weighted by Gasteiger charge is -2.45. The molecule has 1 N–H and O–H groups in total. The highest BCUT2D eigenvalue weighted by Crippen LogP contribution is 2.60. The summed E-state index contributed by atoms with van der Waals surface area (Å²) < 4.78 is 5.82. The monoisotopic (exact) mass is 488 g/mol. The molecule has 37 heavy (non-hydrogen) atoms. The van der Waals surface area contributed by atoms with Crippen molar-refractivity contribution in [2.45, 2.75) is 11.8 Å². The second-order valence-corrected chi connectivity index (χ2v) is 9.59. The highest BCUT2D eigenvalue weighted by atomic mass is 16.4. The number of amides is 2. The van der Waals surface area contributed by atoms with Crippen molar-refractivity contribution in [2.75, 3.05) is 0 Å². The van der Waals surface area contributed by atoms with Crippen molar-refractivity contribution in [2.24, 2.45) is 16.9 Å². The molecule has 4 aromatic rings. The molecular formula is C30H20N2O5. The van der Waals surface area contributed by atoms with Crippen LogP contribution in [0.5, 0.6) is 0 Å². The molecule has 7 nitrogen and oxygen atoms in total. The molecule has 2 amide bonds. The Balaban J connectivity index is 1.21. The summed E-state index contributed by atoms with van der Waals surface area (Å²) in [4.78, 5) is 38.5. The number of carboxylic acids is 1. The molecule has 1 aliphatic heterocycles. The normalized spacial score (nSPS) is 23.3. The molecule has 1 saturated heterocycles. The lowest BCUT2D eigenvalue weighted by molar-refractivity contribution is -0.139. The molecule has 0 spiro atoms. The molecule has 1 aromatic heterocycles. The molecule has 8 rings (SSSR count). The van der Waals surface area contributed by atoms with Gasteiger partial charge in [-0.2, -0.15) is 10.1 Å². The van der Waals surface area contributed by atoms with Crippen molar-refractivity contribution in [1.82, 2.24) is 5.01 Å². The van der Waals surface area contributed by atoms with Gasteiger partial charge in [-0.3, -0.25) is 9.59 Å². The van der Waals surface area contributed by atoms with Gasteiger partial charge in [-0.25, -0.2) is 4.79 Å². The summed E-state index contributed by atoms with van der Waals surface area (Å²) in [6.07, 6.45) is 1.36. The first-order valence-electron chi connectivity index (χ1n) is 12.1. The maximum Gasteiger partial charge on any atom is 0.335 e. The van der Waals surface area contributed by atoms with E-state index in [-0.39, 0.29) is 29.2 Å². The number of carbonyl (C=O) groups excluding carboxylic acids is 2. The zero-order valence-corrected chi connectivity index (χ0v) is 19.4. The molecule has 2 bridgehead atoms. The van der Waals surface area contributed by atoms with Crippen LogP contribution in [0.1, 0.15) is 50.2 Å². The molecule has 0 saturated carbocycles. The van der Waals surface area contributed by atoms with E-state index in [4.69, 9.17) is 4.42 Å². The first-order valence-corrected chi connectivity index (χ1v) is 12.1. The van der Waals surface area contributed by atoms with Crippen LogP contribution >= 0.6 is 0 Å². The van der Waals surface area contributed by atoms with Crippen LogP contribution in [-0.2, 0) is 9.59 Å². The average molecular weight is 488 g/mol. The molecule has 3 aromatic carbocycles. The van der Waals surface area contributed by atoms with Gasteiger partial charge in [0.2, 0.25) is 0 Å². The van der Waals surface area contributed by atoms with Crippen molar-refractivity contribution < 1.29 is 23.9 Å². The van der Waals surface area contributed by atoms with Gasteiger partial charge in [0.25, 0.3) is 11.8 Å². The number of aromatic carboxylic acids is 1. The molecule has 0 radical (unpaired) electrons. The minimum Gasteiger partial charge on any atom is -0.478 e. The van der Waals surface area contributed by atoms with Crippen LogP contribution in [0.4, 0.5) is 0 Å². The van der Waals surface area contributed by atoms with E-state index in [1.165, 1.54) is 18.3 Å². The lowest BCUT2D eigenvalue weighted by Crippen LogP contribution is -2.41. The van der Waals surface area contributed by atoms with E-state index in [1.54, 1.807) is 24.3 Å². The number of hydrogen-bond donors (Lipinski definition) is 1. The third-order valence-electron chi connectivity index (χ3n) is 7.75. The summed E-state index contributed by atoms with van der Waals surface area (Å²) in [6, 6.07) is 25.9. The van der Waals surface area contributed by atoms with E-state index in [9.17, 15) is 19.5 Å². The maximum atomic E-state index is 13.6. The Labute approximate surface area is 211 Å².